The largest absolute Gasteiger partial charge is 0.215 e. The summed E-state index contributed by atoms with van der Waals surface area (Å²) in [6.07, 6.45) is 4.01. The van der Waals surface area contributed by atoms with Crippen molar-refractivity contribution in [1.82, 2.24) is 4.72 Å². The van der Waals surface area contributed by atoms with Crippen LogP contribution in [0.5, 0.6) is 0 Å². The molecule has 0 heterocycles. The van der Waals surface area contributed by atoms with Crippen LogP contribution < -0.4 is 4.72 Å². The van der Waals surface area contributed by atoms with Gasteiger partial charge in [0.15, 0.2) is 0 Å². The molecule has 0 fully saturated rings. The Hall–Kier alpha value is -0.590. The average molecular weight is 303 g/mol. The molecular formula is C13H18FNO2S2. The lowest BCUT2D eigenvalue weighted by Crippen LogP contribution is -2.23. The Morgan fingerprint density at radius 2 is 2.26 bits per heavy atom. The molecule has 0 spiro atoms. The summed E-state index contributed by atoms with van der Waals surface area (Å²) in [5.74, 6) is 0.702. The van der Waals surface area contributed by atoms with Crippen LogP contribution >= 0.6 is 11.8 Å². The second-order valence-corrected chi connectivity index (χ2v) is 7.90. The van der Waals surface area contributed by atoms with Crippen LogP contribution in [-0.2, 0) is 16.4 Å². The first-order chi connectivity index (χ1) is 8.96. The van der Waals surface area contributed by atoms with Crippen molar-refractivity contribution in [3.05, 3.63) is 35.1 Å². The predicted octanol–water partition coefficient (Wildman–Crippen LogP) is 2.49. The Morgan fingerprint density at radius 3 is 3.00 bits per heavy atom. The van der Waals surface area contributed by atoms with Crippen LogP contribution in [0, 0.1) is 5.82 Å². The molecular weight excluding hydrogens is 285 g/mol. The van der Waals surface area contributed by atoms with Gasteiger partial charge in [0.2, 0.25) is 10.0 Å². The van der Waals surface area contributed by atoms with Gasteiger partial charge in [-0.25, -0.2) is 17.5 Å². The number of benzene rings is 1. The summed E-state index contributed by atoms with van der Waals surface area (Å²) in [4.78, 5) is 0. The molecule has 3 nitrogen and oxygen atoms in total. The minimum absolute atomic E-state index is 0.176. The summed E-state index contributed by atoms with van der Waals surface area (Å²) < 4.78 is 37.5. The van der Waals surface area contributed by atoms with Gasteiger partial charge in [-0.2, -0.15) is 11.8 Å². The molecule has 1 aromatic carbocycles. The van der Waals surface area contributed by atoms with E-state index in [9.17, 15) is 12.8 Å². The van der Waals surface area contributed by atoms with E-state index < -0.39 is 10.0 Å². The second-order valence-electron chi connectivity index (χ2n) is 4.76. The molecule has 0 saturated heterocycles. The standard InChI is InChI=1S/C13H18FNO2S2/c1-19(16,17)15-7-2-8-18-13-6-4-10-3-5-11(14)9-12(10)13/h3,5,9,13,15H,2,4,6-8H2,1H3. The van der Waals surface area contributed by atoms with Gasteiger partial charge in [-0.15, -0.1) is 0 Å². The summed E-state index contributed by atoms with van der Waals surface area (Å²) in [7, 11) is -3.09. The maximum absolute atomic E-state index is 13.2. The summed E-state index contributed by atoms with van der Waals surface area (Å²) >= 11 is 1.78. The van der Waals surface area contributed by atoms with Crippen molar-refractivity contribution >= 4 is 21.8 Å². The Kier molecular flexibility index (Phi) is 4.86. The van der Waals surface area contributed by atoms with Crippen LogP contribution in [0.15, 0.2) is 18.2 Å². The molecule has 1 N–H and O–H groups in total. The molecule has 0 aliphatic heterocycles. The fraction of sp³-hybridized carbons (Fsp3) is 0.538. The maximum atomic E-state index is 13.2. The van der Waals surface area contributed by atoms with Gasteiger partial charge in [-0.1, -0.05) is 6.07 Å². The quantitative estimate of drug-likeness (QED) is 0.821. The minimum Gasteiger partial charge on any atom is -0.215 e. The number of hydrogen-bond acceptors (Lipinski definition) is 3. The second kappa shape index (κ2) is 6.24. The monoisotopic (exact) mass is 303 g/mol. The van der Waals surface area contributed by atoms with Gasteiger partial charge in [0.25, 0.3) is 0 Å². The third kappa shape index (κ3) is 4.47. The molecule has 1 atom stereocenters. The zero-order valence-electron chi connectivity index (χ0n) is 10.9. The highest BCUT2D eigenvalue weighted by molar-refractivity contribution is 7.99. The van der Waals surface area contributed by atoms with Crippen LogP contribution in [0.1, 0.15) is 29.2 Å². The summed E-state index contributed by atoms with van der Waals surface area (Å²) in [5.41, 5.74) is 2.36. The van der Waals surface area contributed by atoms with Gasteiger partial charge in [0.1, 0.15) is 5.82 Å². The van der Waals surface area contributed by atoms with Crippen LogP contribution in [0.4, 0.5) is 4.39 Å². The first kappa shape index (κ1) is 14.8. The van der Waals surface area contributed by atoms with E-state index in [1.165, 1.54) is 11.6 Å². The number of rotatable bonds is 6. The van der Waals surface area contributed by atoms with Crippen LogP contribution in [0.2, 0.25) is 0 Å². The van der Waals surface area contributed by atoms with E-state index in [1.807, 2.05) is 6.07 Å². The van der Waals surface area contributed by atoms with Crippen molar-refractivity contribution in [3.8, 4) is 0 Å². The van der Waals surface area contributed by atoms with Gasteiger partial charge >= 0.3 is 0 Å². The Balaban J connectivity index is 1.78. The minimum atomic E-state index is -3.09. The van der Waals surface area contributed by atoms with Gasteiger partial charge in [-0.05, 0) is 48.3 Å². The van der Waals surface area contributed by atoms with E-state index in [-0.39, 0.29) is 5.82 Å². The molecule has 1 unspecified atom stereocenters. The predicted molar refractivity (Wildman–Crippen MR) is 77.4 cm³/mol. The average Bonchev–Trinajstić information content (AvgIpc) is 2.70. The Labute approximate surface area is 118 Å². The molecule has 6 heteroatoms. The zero-order chi connectivity index (χ0) is 13.9. The zero-order valence-corrected chi connectivity index (χ0v) is 12.5. The van der Waals surface area contributed by atoms with E-state index in [0.717, 1.165) is 36.8 Å². The van der Waals surface area contributed by atoms with Crippen molar-refractivity contribution in [1.29, 1.82) is 0 Å². The lowest BCUT2D eigenvalue weighted by Gasteiger charge is -2.11. The molecule has 0 radical (unpaired) electrons. The number of aryl methyl sites for hydroxylation is 1. The number of hydrogen-bond donors (Lipinski definition) is 1. The van der Waals surface area contributed by atoms with E-state index in [1.54, 1.807) is 17.8 Å². The van der Waals surface area contributed by atoms with Crippen LogP contribution in [0.3, 0.4) is 0 Å². The molecule has 1 aliphatic rings. The fourth-order valence-corrected chi connectivity index (χ4v) is 4.06. The number of fused-ring (bicyclic) bond motifs is 1. The summed E-state index contributed by atoms with van der Waals surface area (Å²) in [6, 6.07) is 5.02. The van der Waals surface area contributed by atoms with Crippen molar-refractivity contribution in [2.75, 3.05) is 18.6 Å². The first-order valence-corrected chi connectivity index (χ1v) is 9.24. The number of halogens is 1. The number of nitrogens with one attached hydrogen (secondary N) is 1. The highest BCUT2D eigenvalue weighted by atomic mass is 32.2. The van der Waals surface area contributed by atoms with Gasteiger partial charge in [0.05, 0.1) is 6.26 Å². The normalized spacial score (nSPS) is 18.5. The smallest absolute Gasteiger partial charge is 0.208 e. The van der Waals surface area contributed by atoms with Gasteiger partial charge in [0, 0.05) is 11.8 Å². The van der Waals surface area contributed by atoms with Gasteiger partial charge < -0.3 is 0 Å². The molecule has 2 rings (SSSR count). The van der Waals surface area contributed by atoms with Crippen molar-refractivity contribution in [2.24, 2.45) is 0 Å². The molecule has 1 aliphatic carbocycles. The van der Waals surface area contributed by atoms with Crippen LogP contribution in [-0.4, -0.2) is 27.0 Å². The highest BCUT2D eigenvalue weighted by Crippen LogP contribution is 2.41. The fourth-order valence-electron chi connectivity index (χ4n) is 2.26. The van der Waals surface area contributed by atoms with E-state index in [2.05, 4.69) is 4.72 Å². The number of sulfonamides is 1. The topological polar surface area (TPSA) is 46.2 Å². The highest BCUT2D eigenvalue weighted by Gasteiger charge is 2.22. The van der Waals surface area contributed by atoms with Crippen molar-refractivity contribution in [2.45, 2.75) is 24.5 Å². The number of thioether (sulfide) groups is 1. The van der Waals surface area contributed by atoms with Crippen molar-refractivity contribution in [3.63, 3.8) is 0 Å². The molecule has 19 heavy (non-hydrogen) atoms. The van der Waals surface area contributed by atoms with Gasteiger partial charge in [-0.3, -0.25) is 0 Å². The maximum Gasteiger partial charge on any atom is 0.208 e. The lowest BCUT2D eigenvalue weighted by atomic mass is 10.1. The lowest BCUT2D eigenvalue weighted by molar-refractivity contribution is 0.587. The third-order valence-electron chi connectivity index (χ3n) is 3.14. The first-order valence-electron chi connectivity index (χ1n) is 6.30. The molecule has 106 valence electrons. The summed E-state index contributed by atoms with van der Waals surface area (Å²) in [6.45, 7) is 0.467. The van der Waals surface area contributed by atoms with E-state index in [4.69, 9.17) is 0 Å². The Bertz CT molecular complexity index is 546. The molecule has 0 saturated carbocycles. The van der Waals surface area contributed by atoms with Crippen LogP contribution in [0.25, 0.3) is 0 Å². The van der Waals surface area contributed by atoms with E-state index >= 15 is 0 Å². The third-order valence-corrected chi connectivity index (χ3v) is 5.28. The molecule has 0 bridgehead atoms. The molecule has 0 aromatic heterocycles. The molecule has 0 amide bonds. The van der Waals surface area contributed by atoms with Crippen molar-refractivity contribution < 1.29 is 12.8 Å². The SMILES string of the molecule is CS(=O)(=O)NCCCSC1CCc2ccc(F)cc21. The Morgan fingerprint density at radius 1 is 1.47 bits per heavy atom. The molecule has 1 aromatic rings. The van der Waals surface area contributed by atoms with E-state index in [0.29, 0.717) is 11.8 Å². The summed E-state index contributed by atoms with van der Waals surface area (Å²) in [5, 5.41) is 0.351.